The first-order chi connectivity index (χ1) is 9.38. The third kappa shape index (κ3) is 2.92. The van der Waals surface area contributed by atoms with Crippen molar-refractivity contribution in [3.63, 3.8) is 0 Å². The predicted octanol–water partition coefficient (Wildman–Crippen LogP) is 4.54. The molecule has 1 N–H and O–H groups in total. The second kappa shape index (κ2) is 5.52. The second-order valence-corrected chi connectivity index (χ2v) is 4.55. The molecule has 0 fully saturated rings. The maximum atomic E-state index is 13.6. The SMILES string of the molecule is O=[N+]([O-])c1ccc(Oc2c(F)cc(Cl)cc2Cl)cc1O. The number of halogens is 3. The first-order valence-corrected chi connectivity index (χ1v) is 5.94. The molecule has 2 aromatic rings. The van der Waals surface area contributed by atoms with Gasteiger partial charge in [-0.1, -0.05) is 23.2 Å². The van der Waals surface area contributed by atoms with Gasteiger partial charge in [0.1, 0.15) is 5.75 Å². The number of benzene rings is 2. The van der Waals surface area contributed by atoms with Gasteiger partial charge in [0, 0.05) is 17.2 Å². The molecule has 0 spiro atoms. The first-order valence-electron chi connectivity index (χ1n) is 5.18. The smallest absolute Gasteiger partial charge is 0.310 e. The Hall–Kier alpha value is -2.05. The summed E-state index contributed by atoms with van der Waals surface area (Å²) >= 11 is 11.4. The summed E-state index contributed by atoms with van der Waals surface area (Å²) in [5, 5.41) is 20.0. The van der Waals surface area contributed by atoms with Crippen LogP contribution in [-0.4, -0.2) is 10.0 Å². The summed E-state index contributed by atoms with van der Waals surface area (Å²) in [7, 11) is 0. The average molecular weight is 318 g/mol. The van der Waals surface area contributed by atoms with Crippen molar-refractivity contribution in [2.45, 2.75) is 0 Å². The van der Waals surface area contributed by atoms with Gasteiger partial charge < -0.3 is 9.84 Å². The minimum Gasteiger partial charge on any atom is -0.502 e. The van der Waals surface area contributed by atoms with E-state index in [-0.39, 0.29) is 21.5 Å². The number of ether oxygens (including phenoxy) is 1. The van der Waals surface area contributed by atoms with Gasteiger partial charge in [-0.3, -0.25) is 10.1 Å². The van der Waals surface area contributed by atoms with Gasteiger partial charge in [0.15, 0.2) is 17.3 Å². The third-order valence-electron chi connectivity index (χ3n) is 2.33. The highest BCUT2D eigenvalue weighted by molar-refractivity contribution is 6.35. The standard InChI is InChI=1S/C12H6Cl2FNO4/c13-6-3-8(14)12(9(15)4-6)20-7-1-2-10(16(18)19)11(17)5-7/h1-5,17H. The predicted molar refractivity (Wildman–Crippen MR) is 71.3 cm³/mol. The van der Waals surface area contributed by atoms with Crippen LogP contribution in [0.25, 0.3) is 0 Å². The van der Waals surface area contributed by atoms with Crippen LogP contribution in [0, 0.1) is 15.9 Å². The van der Waals surface area contributed by atoms with Crippen LogP contribution in [0.4, 0.5) is 10.1 Å². The van der Waals surface area contributed by atoms with E-state index >= 15 is 0 Å². The summed E-state index contributed by atoms with van der Waals surface area (Å²) < 4.78 is 18.8. The molecule has 0 radical (unpaired) electrons. The summed E-state index contributed by atoms with van der Waals surface area (Å²) in [6.45, 7) is 0. The zero-order valence-electron chi connectivity index (χ0n) is 9.64. The van der Waals surface area contributed by atoms with Crippen molar-refractivity contribution in [1.29, 1.82) is 0 Å². The molecule has 20 heavy (non-hydrogen) atoms. The molecule has 2 aromatic carbocycles. The summed E-state index contributed by atoms with van der Waals surface area (Å²) in [4.78, 5) is 9.79. The number of hydrogen-bond donors (Lipinski definition) is 1. The Morgan fingerprint density at radius 1 is 1.25 bits per heavy atom. The first kappa shape index (κ1) is 14.4. The van der Waals surface area contributed by atoms with E-state index in [0.717, 1.165) is 18.2 Å². The van der Waals surface area contributed by atoms with Crippen LogP contribution < -0.4 is 4.74 Å². The number of nitrogens with zero attached hydrogens (tertiary/aromatic N) is 1. The molecule has 0 saturated heterocycles. The van der Waals surface area contributed by atoms with Crippen LogP contribution in [0.2, 0.25) is 10.0 Å². The van der Waals surface area contributed by atoms with Crippen molar-refractivity contribution in [1.82, 2.24) is 0 Å². The molecular formula is C12H6Cl2FNO4. The lowest BCUT2D eigenvalue weighted by atomic mass is 10.2. The Kier molecular flexibility index (Phi) is 3.96. The fraction of sp³-hybridized carbons (Fsp3) is 0. The van der Waals surface area contributed by atoms with Gasteiger partial charge in [-0.2, -0.15) is 0 Å². The highest BCUT2D eigenvalue weighted by Crippen LogP contribution is 2.37. The van der Waals surface area contributed by atoms with Crippen molar-refractivity contribution in [2.24, 2.45) is 0 Å². The molecule has 0 heterocycles. The van der Waals surface area contributed by atoms with Gasteiger partial charge in [-0.15, -0.1) is 0 Å². The van der Waals surface area contributed by atoms with E-state index in [1.54, 1.807) is 0 Å². The van der Waals surface area contributed by atoms with Crippen molar-refractivity contribution in [2.75, 3.05) is 0 Å². The second-order valence-electron chi connectivity index (χ2n) is 3.71. The fourth-order valence-electron chi connectivity index (χ4n) is 1.47. The summed E-state index contributed by atoms with van der Waals surface area (Å²) in [5.74, 6) is -1.68. The van der Waals surface area contributed by atoms with Crippen molar-refractivity contribution < 1.29 is 19.2 Å². The molecule has 0 aliphatic heterocycles. The Bertz CT molecular complexity index is 670. The van der Waals surface area contributed by atoms with E-state index in [0.29, 0.717) is 0 Å². The maximum absolute atomic E-state index is 13.6. The number of nitro groups is 1. The zero-order chi connectivity index (χ0) is 14.9. The molecule has 8 heteroatoms. The molecule has 0 aromatic heterocycles. The normalized spacial score (nSPS) is 10.3. The monoisotopic (exact) mass is 317 g/mol. The zero-order valence-corrected chi connectivity index (χ0v) is 11.2. The maximum Gasteiger partial charge on any atom is 0.310 e. The molecule has 0 atom stereocenters. The minimum absolute atomic E-state index is 0.00350. The topological polar surface area (TPSA) is 72.6 Å². The van der Waals surface area contributed by atoms with Gasteiger partial charge in [0.25, 0.3) is 0 Å². The summed E-state index contributed by atoms with van der Waals surface area (Å²) in [6.07, 6.45) is 0. The lowest BCUT2D eigenvalue weighted by molar-refractivity contribution is -0.385. The van der Waals surface area contributed by atoms with Crippen LogP contribution >= 0.6 is 23.2 Å². The number of phenolic OH excluding ortho intramolecular Hbond substituents is 1. The van der Waals surface area contributed by atoms with E-state index in [2.05, 4.69) is 0 Å². The van der Waals surface area contributed by atoms with Crippen molar-refractivity contribution >= 4 is 28.9 Å². The van der Waals surface area contributed by atoms with Crippen LogP contribution in [0.5, 0.6) is 17.2 Å². The molecule has 0 aliphatic carbocycles. The van der Waals surface area contributed by atoms with E-state index in [1.165, 1.54) is 12.1 Å². The molecule has 5 nitrogen and oxygen atoms in total. The number of phenols is 1. The molecule has 0 saturated carbocycles. The van der Waals surface area contributed by atoms with Crippen molar-refractivity contribution in [3.05, 3.63) is 56.3 Å². The Morgan fingerprint density at radius 2 is 1.95 bits per heavy atom. The molecule has 0 unspecified atom stereocenters. The number of aromatic hydroxyl groups is 1. The minimum atomic E-state index is -0.791. The molecule has 0 bridgehead atoms. The van der Waals surface area contributed by atoms with Gasteiger partial charge >= 0.3 is 5.69 Å². The van der Waals surface area contributed by atoms with Gasteiger partial charge in [0.05, 0.1) is 9.95 Å². The van der Waals surface area contributed by atoms with Crippen LogP contribution in [-0.2, 0) is 0 Å². The largest absolute Gasteiger partial charge is 0.502 e. The summed E-state index contributed by atoms with van der Waals surface area (Å²) in [5.41, 5.74) is -0.486. The van der Waals surface area contributed by atoms with Gasteiger partial charge in [-0.25, -0.2) is 4.39 Å². The number of rotatable bonds is 3. The number of hydrogen-bond acceptors (Lipinski definition) is 4. The third-order valence-corrected chi connectivity index (χ3v) is 2.83. The molecule has 104 valence electrons. The highest BCUT2D eigenvalue weighted by atomic mass is 35.5. The van der Waals surface area contributed by atoms with Gasteiger partial charge in [-0.05, 0) is 18.2 Å². The van der Waals surface area contributed by atoms with E-state index in [4.69, 9.17) is 27.9 Å². The molecule has 0 amide bonds. The lowest BCUT2D eigenvalue weighted by Crippen LogP contribution is -1.92. The van der Waals surface area contributed by atoms with E-state index < -0.39 is 22.2 Å². The van der Waals surface area contributed by atoms with Gasteiger partial charge in [0.2, 0.25) is 0 Å². The number of nitro benzene ring substituents is 1. The lowest BCUT2D eigenvalue weighted by Gasteiger charge is -2.09. The van der Waals surface area contributed by atoms with E-state index in [9.17, 15) is 19.6 Å². The quantitative estimate of drug-likeness (QED) is 0.666. The van der Waals surface area contributed by atoms with Crippen LogP contribution in [0.1, 0.15) is 0 Å². The van der Waals surface area contributed by atoms with Crippen LogP contribution in [0.3, 0.4) is 0 Å². The molecule has 2 rings (SSSR count). The van der Waals surface area contributed by atoms with Crippen molar-refractivity contribution in [3.8, 4) is 17.2 Å². The average Bonchev–Trinajstić information content (AvgIpc) is 2.33. The molecular weight excluding hydrogens is 312 g/mol. The highest BCUT2D eigenvalue weighted by Gasteiger charge is 2.16. The molecule has 0 aliphatic rings. The Labute approximate surface area is 122 Å². The summed E-state index contributed by atoms with van der Waals surface area (Å²) in [6, 6.07) is 5.53. The van der Waals surface area contributed by atoms with Crippen LogP contribution in [0.15, 0.2) is 30.3 Å². The fourth-order valence-corrected chi connectivity index (χ4v) is 1.97. The van der Waals surface area contributed by atoms with E-state index in [1.807, 2.05) is 0 Å². The Morgan fingerprint density at radius 3 is 2.50 bits per heavy atom. The Balaban J connectivity index is 2.36.